The van der Waals surface area contributed by atoms with Crippen molar-refractivity contribution >= 4 is 12.0 Å². The molecule has 252 valence electrons. The summed E-state index contributed by atoms with van der Waals surface area (Å²) in [5, 5.41) is 14.9. The molecule has 1 fully saturated rings. The van der Waals surface area contributed by atoms with E-state index in [9.17, 15) is 14.7 Å². The van der Waals surface area contributed by atoms with E-state index in [1.807, 2.05) is 66.7 Å². The van der Waals surface area contributed by atoms with Gasteiger partial charge in [-0.3, -0.25) is 9.69 Å². The molecule has 0 radical (unpaired) electrons. The third-order valence-corrected chi connectivity index (χ3v) is 8.51. The third kappa shape index (κ3) is 9.51. The van der Waals surface area contributed by atoms with Crippen molar-refractivity contribution in [1.82, 2.24) is 15.5 Å². The van der Waals surface area contributed by atoms with E-state index in [4.69, 9.17) is 14.2 Å². The SMILES string of the molecule is CCOC(=O)CNC(=O)NCc1cccc(-c2ccc([C@H]3O[C@@H](CN(C)Cc4ccccc4)[C@@H](C)[C@@H](c4ccc(CO)cc4)O3)cc2)c1. The number of urea groups is 1. The number of aliphatic hydroxyl groups is 1. The van der Waals surface area contributed by atoms with Gasteiger partial charge in [0.1, 0.15) is 6.54 Å². The van der Waals surface area contributed by atoms with E-state index < -0.39 is 18.3 Å². The molecule has 0 bridgehead atoms. The van der Waals surface area contributed by atoms with Crippen LogP contribution in [0, 0.1) is 5.92 Å². The Morgan fingerprint density at radius 3 is 2.23 bits per heavy atom. The molecule has 4 aromatic carbocycles. The van der Waals surface area contributed by atoms with E-state index in [-0.39, 0.29) is 37.9 Å². The van der Waals surface area contributed by atoms with Gasteiger partial charge in [-0.05, 0) is 53.4 Å². The summed E-state index contributed by atoms with van der Waals surface area (Å²) >= 11 is 0. The van der Waals surface area contributed by atoms with Gasteiger partial charge in [-0.15, -0.1) is 0 Å². The standard InChI is InChI=1S/C39H45N3O6/c1-4-46-36(44)23-41-39(45)40-22-30-11-8-12-34(21-30)31-17-19-33(20-18-31)38-47-35(25-42(3)24-28-9-6-5-7-10-28)27(2)37(48-38)32-15-13-29(26-43)14-16-32/h5-21,27,35,37-38,43H,4,22-26H2,1-3H3,(H2,40,41,45)/t27-,35+,37+,38+/m1/s1. The number of ether oxygens (including phenoxy) is 3. The largest absolute Gasteiger partial charge is 0.465 e. The van der Waals surface area contributed by atoms with Crippen molar-refractivity contribution in [2.45, 2.75) is 52.0 Å². The number of hydrogen-bond acceptors (Lipinski definition) is 7. The smallest absolute Gasteiger partial charge is 0.325 e. The molecule has 2 amide bonds. The summed E-state index contributed by atoms with van der Waals surface area (Å²) in [5.41, 5.74) is 7.05. The van der Waals surface area contributed by atoms with Gasteiger partial charge in [0, 0.05) is 31.1 Å². The Morgan fingerprint density at radius 2 is 1.52 bits per heavy atom. The molecule has 48 heavy (non-hydrogen) atoms. The molecule has 1 aliphatic rings. The summed E-state index contributed by atoms with van der Waals surface area (Å²) in [5.74, 6) is -0.392. The molecule has 5 rings (SSSR count). The number of nitrogens with one attached hydrogen (secondary N) is 2. The predicted octanol–water partition coefficient (Wildman–Crippen LogP) is 6.13. The molecule has 0 aliphatic carbocycles. The summed E-state index contributed by atoms with van der Waals surface area (Å²) in [4.78, 5) is 25.9. The average Bonchev–Trinajstić information content (AvgIpc) is 3.11. The highest BCUT2D eigenvalue weighted by molar-refractivity contribution is 5.80. The molecular weight excluding hydrogens is 606 g/mol. The van der Waals surface area contributed by atoms with Crippen LogP contribution >= 0.6 is 0 Å². The van der Waals surface area contributed by atoms with Crippen molar-refractivity contribution in [2.24, 2.45) is 5.92 Å². The maximum absolute atomic E-state index is 12.1. The molecule has 9 heteroatoms. The van der Waals surface area contributed by atoms with Gasteiger partial charge in [-0.2, -0.15) is 0 Å². The lowest BCUT2D eigenvalue weighted by atomic mass is 9.90. The van der Waals surface area contributed by atoms with Crippen LogP contribution in [-0.2, 0) is 38.7 Å². The molecule has 9 nitrogen and oxygen atoms in total. The predicted molar refractivity (Wildman–Crippen MR) is 184 cm³/mol. The van der Waals surface area contributed by atoms with E-state index in [0.717, 1.165) is 46.5 Å². The normalized spacial score (nSPS) is 19.1. The fourth-order valence-electron chi connectivity index (χ4n) is 5.90. The maximum Gasteiger partial charge on any atom is 0.325 e. The summed E-state index contributed by atoms with van der Waals surface area (Å²) in [6, 6.07) is 34.1. The highest BCUT2D eigenvalue weighted by atomic mass is 16.7. The van der Waals surface area contributed by atoms with Crippen LogP contribution in [0.3, 0.4) is 0 Å². The molecule has 0 spiro atoms. The molecule has 4 aromatic rings. The number of hydrogen-bond donors (Lipinski definition) is 3. The Kier molecular flexibility index (Phi) is 12.3. The van der Waals surface area contributed by atoms with Gasteiger partial charge in [-0.25, -0.2) is 4.79 Å². The van der Waals surface area contributed by atoms with Gasteiger partial charge < -0.3 is 30.0 Å². The second-order valence-electron chi connectivity index (χ2n) is 12.2. The van der Waals surface area contributed by atoms with E-state index >= 15 is 0 Å². The lowest BCUT2D eigenvalue weighted by Crippen LogP contribution is -2.43. The van der Waals surface area contributed by atoms with Crippen molar-refractivity contribution in [3.05, 3.63) is 131 Å². The Balaban J connectivity index is 1.28. The number of esters is 1. The lowest BCUT2D eigenvalue weighted by Gasteiger charge is -2.42. The first kappa shape index (κ1) is 34.8. The minimum atomic E-state index is -0.559. The highest BCUT2D eigenvalue weighted by Gasteiger charge is 2.38. The first-order valence-corrected chi connectivity index (χ1v) is 16.4. The van der Waals surface area contributed by atoms with E-state index in [2.05, 4.69) is 65.9 Å². The number of likely N-dealkylation sites (N-methyl/N-ethyl adjacent to an activating group) is 1. The quantitative estimate of drug-likeness (QED) is 0.149. The Bertz CT molecular complexity index is 1610. The van der Waals surface area contributed by atoms with Crippen LogP contribution in [0.5, 0.6) is 0 Å². The fourth-order valence-corrected chi connectivity index (χ4v) is 5.90. The van der Waals surface area contributed by atoms with Crippen LogP contribution in [0.2, 0.25) is 0 Å². The number of benzene rings is 4. The number of amides is 2. The maximum atomic E-state index is 12.1. The van der Waals surface area contributed by atoms with Gasteiger partial charge in [-0.1, -0.05) is 104 Å². The van der Waals surface area contributed by atoms with Gasteiger partial charge in [0.15, 0.2) is 6.29 Å². The van der Waals surface area contributed by atoms with Crippen molar-refractivity contribution < 1.29 is 28.9 Å². The van der Waals surface area contributed by atoms with Gasteiger partial charge in [0.05, 0.1) is 25.4 Å². The Morgan fingerprint density at radius 1 is 0.812 bits per heavy atom. The number of carbonyl (C=O) groups excluding carboxylic acids is 2. The molecule has 1 heterocycles. The van der Waals surface area contributed by atoms with Crippen LogP contribution in [0.15, 0.2) is 103 Å². The van der Waals surface area contributed by atoms with Gasteiger partial charge in [0.25, 0.3) is 0 Å². The van der Waals surface area contributed by atoms with Crippen LogP contribution in [0.4, 0.5) is 4.79 Å². The molecule has 3 N–H and O–H groups in total. The highest BCUT2D eigenvalue weighted by Crippen LogP contribution is 2.42. The minimum absolute atomic E-state index is 0.00176. The zero-order valence-corrected chi connectivity index (χ0v) is 27.8. The molecule has 0 unspecified atom stereocenters. The molecule has 0 saturated carbocycles. The summed E-state index contributed by atoms with van der Waals surface area (Å²) < 4.78 is 18.2. The van der Waals surface area contributed by atoms with E-state index in [1.165, 1.54) is 5.56 Å². The Hall–Kier alpha value is -4.54. The molecule has 4 atom stereocenters. The number of aliphatic hydroxyl groups excluding tert-OH is 1. The zero-order valence-electron chi connectivity index (χ0n) is 27.8. The van der Waals surface area contributed by atoms with Crippen molar-refractivity contribution in [1.29, 1.82) is 0 Å². The second-order valence-corrected chi connectivity index (χ2v) is 12.2. The van der Waals surface area contributed by atoms with Crippen LogP contribution < -0.4 is 10.6 Å². The third-order valence-electron chi connectivity index (χ3n) is 8.51. The first-order chi connectivity index (χ1) is 23.3. The van der Waals surface area contributed by atoms with Gasteiger partial charge >= 0.3 is 12.0 Å². The second kappa shape index (κ2) is 17.0. The van der Waals surface area contributed by atoms with Crippen molar-refractivity contribution in [3.63, 3.8) is 0 Å². The van der Waals surface area contributed by atoms with Crippen molar-refractivity contribution in [3.8, 4) is 11.1 Å². The van der Waals surface area contributed by atoms with Crippen molar-refractivity contribution in [2.75, 3.05) is 26.7 Å². The lowest BCUT2D eigenvalue weighted by molar-refractivity contribution is -0.276. The molecule has 1 aliphatic heterocycles. The number of nitrogens with zero attached hydrogens (tertiary/aromatic N) is 1. The monoisotopic (exact) mass is 651 g/mol. The Labute approximate surface area is 282 Å². The zero-order chi connectivity index (χ0) is 33.9. The van der Waals surface area contributed by atoms with Crippen LogP contribution in [0.25, 0.3) is 11.1 Å². The number of carbonyl (C=O) groups is 2. The van der Waals surface area contributed by atoms with Gasteiger partial charge in [0.2, 0.25) is 0 Å². The summed E-state index contributed by atoms with van der Waals surface area (Å²) in [6.45, 7) is 5.84. The first-order valence-electron chi connectivity index (χ1n) is 16.4. The minimum Gasteiger partial charge on any atom is -0.465 e. The molecular formula is C39H45N3O6. The van der Waals surface area contributed by atoms with E-state index in [0.29, 0.717) is 6.54 Å². The molecule has 0 aromatic heterocycles. The van der Waals surface area contributed by atoms with Crippen LogP contribution in [0.1, 0.15) is 54.1 Å². The fraction of sp³-hybridized carbons (Fsp3) is 0.333. The van der Waals surface area contributed by atoms with E-state index in [1.54, 1.807) is 6.92 Å². The summed E-state index contributed by atoms with van der Waals surface area (Å²) in [6.07, 6.45) is -0.833. The summed E-state index contributed by atoms with van der Waals surface area (Å²) in [7, 11) is 2.12. The van der Waals surface area contributed by atoms with Crippen LogP contribution in [-0.4, -0.2) is 54.9 Å². The number of rotatable bonds is 13. The topological polar surface area (TPSA) is 109 Å². The average molecular weight is 652 g/mol. The molecule has 1 saturated heterocycles.